The Balaban J connectivity index is 2.03. The second-order valence-corrected chi connectivity index (χ2v) is 5.59. The van der Waals surface area contributed by atoms with E-state index < -0.39 is 5.97 Å². The van der Waals surface area contributed by atoms with Gasteiger partial charge in [-0.25, -0.2) is 4.79 Å². The van der Waals surface area contributed by atoms with E-state index in [4.69, 9.17) is 26.8 Å². The first-order valence-electron chi connectivity index (χ1n) is 7.42. The molecule has 26 heavy (non-hydrogen) atoms. The van der Waals surface area contributed by atoms with Crippen LogP contribution in [0, 0.1) is 11.3 Å². The molecule has 0 saturated heterocycles. The van der Waals surface area contributed by atoms with Crippen molar-refractivity contribution >= 4 is 23.3 Å². The molecule has 0 unspecified atom stereocenters. The van der Waals surface area contributed by atoms with Crippen LogP contribution in [-0.4, -0.2) is 22.6 Å². The second kappa shape index (κ2) is 7.17. The number of hydrogen-bond acceptors (Lipinski definition) is 6. The number of nitriles is 1. The fourth-order valence-corrected chi connectivity index (χ4v) is 2.66. The zero-order valence-electron chi connectivity index (χ0n) is 13.6. The quantitative estimate of drug-likeness (QED) is 0.706. The molecular weight excluding hydrogens is 356 g/mol. The van der Waals surface area contributed by atoms with E-state index in [0.29, 0.717) is 22.2 Å². The number of carbonyl (C=O) groups excluding carboxylic acids is 1. The van der Waals surface area contributed by atoms with Gasteiger partial charge in [0.25, 0.3) is 0 Å². The van der Waals surface area contributed by atoms with Crippen LogP contribution in [0.3, 0.4) is 0 Å². The summed E-state index contributed by atoms with van der Waals surface area (Å²) in [6, 6.07) is 10.4. The van der Waals surface area contributed by atoms with E-state index in [-0.39, 0.29) is 16.9 Å². The van der Waals surface area contributed by atoms with Crippen molar-refractivity contribution in [3.63, 3.8) is 0 Å². The van der Waals surface area contributed by atoms with Gasteiger partial charge >= 0.3 is 5.97 Å². The minimum atomic E-state index is -0.671. The fourth-order valence-electron chi connectivity index (χ4n) is 2.39. The van der Waals surface area contributed by atoms with Crippen LogP contribution >= 0.6 is 11.6 Å². The second-order valence-electron chi connectivity index (χ2n) is 5.18. The Hall–Kier alpha value is -3.50. The molecule has 0 bridgehead atoms. The average molecular weight is 369 g/mol. The monoisotopic (exact) mass is 368 g/mol. The summed E-state index contributed by atoms with van der Waals surface area (Å²) < 4.78 is 11.9. The highest BCUT2D eigenvalue weighted by molar-refractivity contribution is 6.32. The van der Waals surface area contributed by atoms with Gasteiger partial charge in [0.15, 0.2) is 5.69 Å². The summed E-state index contributed by atoms with van der Waals surface area (Å²) in [5, 5.41) is 9.48. The summed E-state index contributed by atoms with van der Waals surface area (Å²) in [5.41, 5.74) is 6.57. The van der Waals surface area contributed by atoms with Gasteiger partial charge in [-0.3, -0.25) is 4.98 Å². The van der Waals surface area contributed by atoms with Crippen molar-refractivity contribution in [2.45, 2.75) is 0 Å². The Bertz CT molecular complexity index is 1010. The molecule has 8 heteroatoms. The van der Waals surface area contributed by atoms with E-state index in [1.807, 2.05) is 6.07 Å². The molecule has 1 aromatic carbocycles. The van der Waals surface area contributed by atoms with Crippen molar-refractivity contribution in [2.24, 2.45) is 0 Å². The number of hydrogen-bond donors (Lipinski definition) is 1. The number of nitrogens with two attached hydrogens (primary N) is 1. The van der Waals surface area contributed by atoms with Gasteiger partial charge in [0, 0.05) is 18.5 Å². The molecule has 0 aliphatic rings. The Kier molecular flexibility index (Phi) is 4.78. The number of methoxy groups -OCH3 is 1. The summed E-state index contributed by atoms with van der Waals surface area (Å²) in [5.74, 6) is 0.381. The lowest BCUT2D eigenvalue weighted by Gasteiger charge is -2.12. The number of anilines is 1. The molecule has 0 atom stereocenters. The van der Waals surface area contributed by atoms with E-state index in [1.54, 1.807) is 42.7 Å². The minimum Gasteiger partial charge on any atom is -0.464 e. The van der Waals surface area contributed by atoms with E-state index in [2.05, 4.69) is 4.98 Å². The van der Waals surface area contributed by atoms with Crippen LogP contribution in [0.5, 0.6) is 11.5 Å². The maximum Gasteiger partial charge on any atom is 0.357 e. The molecule has 0 radical (unpaired) electrons. The Morgan fingerprint density at radius 3 is 2.77 bits per heavy atom. The number of carbonyl (C=O) groups is 1. The molecule has 3 aromatic rings. The highest BCUT2D eigenvalue weighted by Crippen LogP contribution is 2.32. The van der Waals surface area contributed by atoms with Crippen LogP contribution in [0.1, 0.15) is 16.1 Å². The van der Waals surface area contributed by atoms with Crippen LogP contribution in [0.2, 0.25) is 5.02 Å². The Morgan fingerprint density at radius 1 is 1.35 bits per heavy atom. The van der Waals surface area contributed by atoms with Gasteiger partial charge in [-0.1, -0.05) is 11.6 Å². The number of rotatable bonds is 4. The topological polar surface area (TPSA) is 103 Å². The molecule has 0 aliphatic carbocycles. The highest BCUT2D eigenvalue weighted by atomic mass is 35.5. The zero-order chi connectivity index (χ0) is 18.7. The summed E-state index contributed by atoms with van der Waals surface area (Å²) in [6.45, 7) is 0. The Morgan fingerprint density at radius 2 is 2.15 bits per heavy atom. The van der Waals surface area contributed by atoms with Gasteiger partial charge in [-0.05, 0) is 24.3 Å². The number of pyridine rings is 1. The Labute approximate surface area is 154 Å². The van der Waals surface area contributed by atoms with E-state index in [9.17, 15) is 10.1 Å². The molecule has 0 fully saturated rings. The van der Waals surface area contributed by atoms with Crippen molar-refractivity contribution in [3.8, 4) is 23.3 Å². The lowest BCUT2D eigenvalue weighted by atomic mass is 10.2. The molecular formula is C18H13ClN4O3. The lowest BCUT2D eigenvalue weighted by molar-refractivity contribution is 0.0593. The zero-order valence-corrected chi connectivity index (χ0v) is 14.4. The number of halogens is 1. The third-order valence-corrected chi connectivity index (χ3v) is 3.90. The SMILES string of the molecule is COC(=O)c1c(N)c(C#N)cn1-c1ccc(Oc2cccnc2)cc1Cl. The van der Waals surface area contributed by atoms with E-state index in [1.165, 1.54) is 17.9 Å². The first-order valence-corrected chi connectivity index (χ1v) is 7.80. The molecule has 0 saturated carbocycles. The third kappa shape index (κ3) is 3.18. The largest absolute Gasteiger partial charge is 0.464 e. The smallest absolute Gasteiger partial charge is 0.357 e. The first kappa shape index (κ1) is 17.3. The molecule has 130 valence electrons. The molecule has 2 heterocycles. The van der Waals surface area contributed by atoms with Crippen molar-refractivity contribution in [2.75, 3.05) is 12.8 Å². The van der Waals surface area contributed by atoms with Crippen molar-refractivity contribution in [1.29, 1.82) is 5.26 Å². The molecule has 2 N–H and O–H groups in total. The third-order valence-electron chi connectivity index (χ3n) is 3.59. The van der Waals surface area contributed by atoms with Gasteiger partial charge < -0.3 is 19.8 Å². The summed E-state index contributed by atoms with van der Waals surface area (Å²) in [4.78, 5) is 16.0. The van der Waals surface area contributed by atoms with Crippen molar-refractivity contribution < 1.29 is 14.3 Å². The molecule has 0 aliphatic heterocycles. The maximum absolute atomic E-state index is 12.1. The summed E-state index contributed by atoms with van der Waals surface area (Å²) >= 11 is 6.36. The normalized spacial score (nSPS) is 10.2. The predicted molar refractivity (Wildman–Crippen MR) is 95.6 cm³/mol. The lowest BCUT2D eigenvalue weighted by Crippen LogP contribution is -2.11. The number of ether oxygens (including phenoxy) is 2. The molecule has 2 aromatic heterocycles. The number of nitrogen functional groups attached to an aromatic ring is 1. The molecule has 0 amide bonds. The minimum absolute atomic E-state index is 0.0334. The number of nitrogens with zero attached hydrogens (tertiary/aromatic N) is 3. The summed E-state index contributed by atoms with van der Waals surface area (Å²) in [6.07, 6.45) is 4.65. The molecule has 7 nitrogen and oxygen atoms in total. The molecule has 0 spiro atoms. The first-order chi connectivity index (χ1) is 12.5. The van der Waals surface area contributed by atoms with Crippen LogP contribution in [0.4, 0.5) is 5.69 Å². The van der Waals surface area contributed by atoms with Crippen LogP contribution in [0.15, 0.2) is 48.9 Å². The van der Waals surface area contributed by atoms with Gasteiger partial charge in [-0.15, -0.1) is 0 Å². The van der Waals surface area contributed by atoms with Crippen LogP contribution in [0.25, 0.3) is 5.69 Å². The van der Waals surface area contributed by atoms with Gasteiger partial charge in [0.1, 0.15) is 17.6 Å². The van der Waals surface area contributed by atoms with E-state index >= 15 is 0 Å². The average Bonchev–Trinajstić information content (AvgIpc) is 2.98. The standard InChI is InChI=1S/C18H13ClN4O3/c1-25-18(24)17-16(21)11(8-20)10-23(17)15-5-4-12(7-14(15)19)26-13-3-2-6-22-9-13/h2-7,9-10H,21H2,1H3. The van der Waals surface area contributed by atoms with Crippen LogP contribution < -0.4 is 10.5 Å². The summed E-state index contributed by atoms with van der Waals surface area (Å²) in [7, 11) is 1.23. The number of esters is 1. The van der Waals surface area contributed by atoms with E-state index in [0.717, 1.165) is 0 Å². The van der Waals surface area contributed by atoms with Gasteiger partial charge in [-0.2, -0.15) is 5.26 Å². The number of benzene rings is 1. The van der Waals surface area contributed by atoms with Crippen molar-refractivity contribution in [1.82, 2.24) is 9.55 Å². The van der Waals surface area contributed by atoms with Gasteiger partial charge in [0.2, 0.25) is 0 Å². The molecule has 3 rings (SSSR count). The number of aromatic nitrogens is 2. The maximum atomic E-state index is 12.1. The van der Waals surface area contributed by atoms with Crippen molar-refractivity contribution in [3.05, 3.63) is 65.2 Å². The predicted octanol–water partition coefficient (Wildman–Crippen LogP) is 3.56. The van der Waals surface area contributed by atoms with Gasteiger partial charge in [0.05, 0.1) is 35.3 Å². The van der Waals surface area contributed by atoms with Crippen LogP contribution in [-0.2, 0) is 4.74 Å². The fraction of sp³-hybridized carbons (Fsp3) is 0.0556. The highest BCUT2D eigenvalue weighted by Gasteiger charge is 2.22.